The second-order valence-electron chi connectivity index (χ2n) is 12.2. The fraction of sp³-hybridized carbons (Fsp3) is 0.562. The Morgan fingerprint density at radius 1 is 1.10 bits per heavy atom. The first kappa shape index (κ1) is 28.6. The highest BCUT2D eigenvalue weighted by molar-refractivity contribution is 5.81. The average Bonchev–Trinajstić information content (AvgIpc) is 2.93. The molecule has 2 aliphatic rings. The van der Waals surface area contributed by atoms with Crippen LogP contribution in [0.25, 0.3) is 10.9 Å². The van der Waals surface area contributed by atoms with Gasteiger partial charge in [-0.05, 0) is 83.1 Å². The van der Waals surface area contributed by atoms with Gasteiger partial charge in [-0.25, -0.2) is 4.98 Å². The van der Waals surface area contributed by atoms with Crippen LogP contribution in [0.3, 0.4) is 0 Å². The third-order valence-corrected chi connectivity index (χ3v) is 9.18. The summed E-state index contributed by atoms with van der Waals surface area (Å²) in [6.07, 6.45) is 3.88. The van der Waals surface area contributed by atoms with Crippen molar-refractivity contribution in [2.75, 3.05) is 45.2 Å². The van der Waals surface area contributed by atoms with Crippen molar-refractivity contribution in [2.45, 2.75) is 70.1 Å². The minimum atomic E-state index is -0.127. The van der Waals surface area contributed by atoms with E-state index in [9.17, 15) is 9.90 Å². The molecule has 8 nitrogen and oxygen atoms in total. The van der Waals surface area contributed by atoms with Gasteiger partial charge in [-0.15, -0.1) is 0 Å². The fourth-order valence-corrected chi connectivity index (χ4v) is 7.07. The van der Waals surface area contributed by atoms with Crippen molar-refractivity contribution in [3.8, 4) is 5.75 Å². The first-order valence-corrected chi connectivity index (χ1v) is 14.9. The van der Waals surface area contributed by atoms with E-state index in [-0.39, 0.29) is 17.1 Å². The Labute approximate surface area is 238 Å². The molecule has 2 saturated heterocycles. The van der Waals surface area contributed by atoms with Crippen LogP contribution < -0.4 is 15.8 Å². The predicted molar refractivity (Wildman–Crippen MR) is 163 cm³/mol. The van der Waals surface area contributed by atoms with Crippen molar-refractivity contribution >= 4 is 16.6 Å². The molecule has 3 heterocycles. The van der Waals surface area contributed by atoms with Gasteiger partial charge in [0.05, 0.1) is 16.9 Å². The predicted octanol–water partition coefficient (Wildman–Crippen LogP) is 4.22. The third kappa shape index (κ3) is 5.37. The van der Waals surface area contributed by atoms with Crippen molar-refractivity contribution < 1.29 is 5.11 Å². The number of piperidine rings is 1. The molecule has 2 aliphatic heterocycles. The Balaban J connectivity index is 1.45. The summed E-state index contributed by atoms with van der Waals surface area (Å²) in [5.74, 6) is 1.18. The van der Waals surface area contributed by atoms with E-state index in [0.29, 0.717) is 23.2 Å². The number of aromatic hydroxyl groups is 1. The Morgan fingerprint density at radius 2 is 1.80 bits per heavy atom. The van der Waals surface area contributed by atoms with Gasteiger partial charge in [-0.3, -0.25) is 19.2 Å². The van der Waals surface area contributed by atoms with Crippen molar-refractivity contribution in [3.05, 3.63) is 64.2 Å². The molecule has 3 atom stereocenters. The van der Waals surface area contributed by atoms with Crippen LogP contribution >= 0.6 is 0 Å². The summed E-state index contributed by atoms with van der Waals surface area (Å²) in [5, 5.41) is 14.5. The lowest BCUT2D eigenvalue weighted by molar-refractivity contribution is 0.109. The number of hydrogen-bond donors (Lipinski definition) is 2. The molecule has 2 N–H and O–H groups in total. The van der Waals surface area contributed by atoms with Gasteiger partial charge in [0.1, 0.15) is 11.6 Å². The van der Waals surface area contributed by atoms with Gasteiger partial charge in [0, 0.05) is 56.5 Å². The molecule has 2 fully saturated rings. The van der Waals surface area contributed by atoms with Gasteiger partial charge in [-0.1, -0.05) is 25.5 Å². The first-order valence-electron chi connectivity index (χ1n) is 14.9. The third-order valence-electron chi connectivity index (χ3n) is 9.18. The molecule has 40 heavy (non-hydrogen) atoms. The van der Waals surface area contributed by atoms with E-state index in [1.165, 1.54) is 0 Å². The van der Waals surface area contributed by atoms with E-state index < -0.39 is 0 Å². The number of hydrogen-bond acceptors (Lipinski definition) is 7. The Morgan fingerprint density at radius 3 is 2.42 bits per heavy atom. The second kappa shape index (κ2) is 11.5. The molecule has 2 aromatic carbocycles. The van der Waals surface area contributed by atoms with Crippen molar-refractivity contribution in [2.24, 2.45) is 7.05 Å². The summed E-state index contributed by atoms with van der Waals surface area (Å²) in [5.41, 5.74) is 2.95. The van der Waals surface area contributed by atoms with E-state index in [4.69, 9.17) is 4.98 Å². The van der Waals surface area contributed by atoms with Gasteiger partial charge < -0.3 is 15.3 Å². The number of phenolic OH excluding ortho intramolecular Hbond substituents is 1. The standard InChI is InChI=1S/C32H46N6O2/c1-7-9-29(38-20-22(2)33-23(3)21-38)30-34-28-19-25(12-13-27(28)31(40)36(30)6)37-16-14-32(15-17-37,35(4)5)24-10-8-11-26(39)18-24/h8,10-13,18-19,22-23,29,33,39H,7,9,14-17,20-21H2,1-6H3/t22-,23+,29?. The van der Waals surface area contributed by atoms with Crippen molar-refractivity contribution in [1.82, 2.24) is 24.7 Å². The van der Waals surface area contributed by atoms with E-state index >= 15 is 0 Å². The molecule has 3 aromatic rings. The number of benzene rings is 2. The maximum absolute atomic E-state index is 13.6. The van der Waals surface area contributed by atoms with Crippen LogP contribution in [0.5, 0.6) is 5.75 Å². The Bertz CT molecular complexity index is 1380. The summed E-state index contributed by atoms with van der Waals surface area (Å²) in [7, 11) is 6.13. The van der Waals surface area contributed by atoms with Gasteiger partial charge in [0.15, 0.2) is 0 Å². The molecular weight excluding hydrogens is 500 g/mol. The van der Waals surface area contributed by atoms with Gasteiger partial charge in [0.2, 0.25) is 0 Å². The van der Waals surface area contributed by atoms with E-state index in [1.807, 2.05) is 25.2 Å². The maximum Gasteiger partial charge on any atom is 0.261 e. The molecule has 0 bridgehead atoms. The maximum atomic E-state index is 13.6. The number of fused-ring (bicyclic) bond motifs is 1. The number of nitrogens with one attached hydrogen (secondary N) is 1. The molecular formula is C32H46N6O2. The molecule has 8 heteroatoms. The summed E-state index contributed by atoms with van der Waals surface area (Å²) in [4.78, 5) is 26.0. The van der Waals surface area contributed by atoms with Crippen LogP contribution in [-0.4, -0.2) is 76.8 Å². The second-order valence-corrected chi connectivity index (χ2v) is 12.2. The van der Waals surface area contributed by atoms with E-state index in [0.717, 1.165) is 74.5 Å². The fourth-order valence-electron chi connectivity index (χ4n) is 7.07. The zero-order valence-corrected chi connectivity index (χ0v) is 25.0. The van der Waals surface area contributed by atoms with Crippen molar-refractivity contribution in [3.63, 3.8) is 0 Å². The topological polar surface area (TPSA) is 76.9 Å². The Kier molecular flexibility index (Phi) is 8.22. The number of rotatable bonds is 7. The molecule has 216 valence electrons. The lowest BCUT2D eigenvalue weighted by Crippen LogP contribution is -2.55. The molecule has 1 unspecified atom stereocenters. The van der Waals surface area contributed by atoms with Crippen LogP contribution in [0, 0.1) is 0 Å². The van der Waals surface area contributed by atoms with Crippen LogP contribution in [0.2, 0.25) is 0 Å². The molecule has 0 aliphatic carbocycles. The van der Waals surface area contributed by atoms with Gasteiger partial charge in [-0.2, -0.15) is 0 Å². The zero-order chi connectivity index (χ0) is 28.6. The minimum Gasteiger partial charge on any atom is -0.508 e. The van der Waals surface area contributed by atoms with Crippen molar-refractivity contribution in [1.29, 1.82) is 0 Å². The normalized spacial score (nSPS) is 22.6. The first-order chi connectivity index (χ1) is 19.1. The molecule has 0 amide bonds. The average molecular weight is 547 g/mol. The number of nitrogens with zero attached hydrogens (tertiary/aromatic N) is 5. The van der Waals surface area contributed by atoms with Crippen LogP contribution in [0.15, 0.2) is 47.3 Å². The smallest absolute Gasteiger partial charge is 0.261 e. The zero-order valence-electron chi connectivity index (χ0n) is 25.0. The van der Waals surface area contributed by atoms with E-state index in [1.54, 1.807) is 10.6 Å². The summed E-state index contributed by atoms with van der Waals surface area (Å²) in [6.45, 7) is 10.3. The lowest BCUT2D eigenvalue weighted by atomic mass is 9.79. The lowest BCUT2D eigenvalue weighted by Gasteiger charge is -2.47. The largest absolute Gasteiger partial charge is 0.508 e. The number of piperazine rings is 1. The number of anilines is 1. The van der Waals surface area contributed by atoms with Crippen LogP contribution in [0.4, 0.5) is 5.69 Å². The van der Waals surface area contributed by atoms with Crippen LogP contribution in [0.1, 0.15) is 63.9 Å². The summed E-state index contributed by atoms with van der Waals surface area (Å²) >= 11 is 0. The summed E-state index contributed by atoms with van der Waals surface area (Å²) < 4.78 is 1.78. The molecule has 0 spiro atoms. The number of aromatic nitrogens is 2. The quantitative estimate of drug-likeness (QED) is 0.460. The minimum absolute atomic E-state index is 0.0260. The highest BCUT2D eigenvalue weighted by Gasteiger charge is 2.38. The van der Waals surface area contributed by atoms with E-state index in [2.05, 4.69) is 73.1 Å². The number of phenols is 1. The molecule has 0 saturated carbocycles. The molecule has 0 radical (unpaired) electrons. The highest BCUT2D eigenvalue weighted by atomic mass is 16.3. The monoisotopic (exact) mass is 546 g/mol. The van der Waals surface area contributed by atoms with Gasteiger partial charge in [0.25, 0.3) is 5.56 Å². The SMILES string of the molecule is CCCC(c1nc2cc(N3CCC(c4cccc(O)c4)(N(C)C)CC3)ccc2c(=O)n1C)N1C[C@@H](C)N[C@@H](C)C1. The Hall–Kier alpha value is -2.94. The summed E-state index contributed by atoms with van der Waals surface area (Å²) in [6, 6.07) is 14.8. The van der Waals surface area contributed by atoms with Gasteiger partial charge >= 0.3 is 0 Å². The molecule has 1 aromatic heterocycles. The molecule has 5 rings (SSSR count). The highest BCUT2D eigenvalue weighted by Crippen LogP contribution is 2.40. The van der Waals surface area contributed by atoms with Crippen LogP contribution in [-0.2, 0) is 12.6 Å².